The molecule has 2 atom stereocenters. The molecule has 4 aromatic rings. The Hall–Kier alpha value is -3.73. The highest BCUT2D eigenvalue weighted by Gasteiger charge is 2.27. The van der Waals surface area contributed by atoms with Gasteiger partial charge in [0, 0.05) is 55.4 Å². The van der Waals surface area contributed by atoms with E-state index in [-0.39, 0.29) is 29.3 Å². The number of β-amino-alcohol motifs (C(OH)–C–C–N with tert-alkyl or cyclic N) is 1. The molecule has 0 saturated carbocycles. The third kappa shape index (κ3) is 5.02. The number of benzene rings is 2. The lowest BCUT2D eigenvalue weighted by molar-refractivity contribution is 0.0738. The van der Waals surface area contributed by atoms with Gasteiger partial charge in [-0.15, -0.1) is 0 Å². The number of aliphatic hydroxyl groups excluding tert-OH is 1. The summed E-state index contributed by atoms with van der Waals surface area (Å²) >= 11 is 6.61. The fourth-order valence-corrected chi connectivity index (χ4v) is 4.81. The van der Waals surface area contributed by atoms with Gasteiger partial charge in [-0.05, 0) is 50.2 Å². The Morgan fingerprint density at radius 1 is 1.24 bits per heavy atom. The number of aliphatic hydroxyl groups is 1. The Kier molecular flexibility index (Phi) is 7.20. The van der Waals surface area contributed by atoms with Crippen LogP contribution in [0.3, 0.4) is 0 Å². The van der Waals surface area contributed by atoms with Crippen molar-refractivity contribution < 1.29 is 19.7 Å². The van der Waals surface area contributed by atoms with Crippen LogP contribution in [-0.4, -0.2) is 73.1 Å². The number of carbonyl (C=O) groups excluding carboxylic acids is 1. The number of halogens is 1. The number of hydrogen-bond donors (Lipinski definition) is 3. The van der Waals surface area contributed by atoms with Gasteiger partial charge in [0.25, 0.3) is 5.91 Å². The highest BCUT2D eigenvalue weighted by Crippen LogP contribution is 2.32. The first-order chi connectivity index (χ1) is 18.2. The zero-order valence-corrected chi connectivity index (χ0v) is 22.1. The quantitative estimate of drug-likeness (QED) is 0.329. The molecule has 0 radical (unpaired) electrons. The van der Waals surface area contributed by atoms with Gasteiger partial charge >= 0.3 is 0 Å². The fraction of sp³-hybridized carbons (Fsp3) is 0.333. The molecular weight excluding hydrogens is 508 g/mol. The van der Waals surface area contributed by atoms with Crippen molar-refractivity contribution in [3.05, 3.63) is 64.6 Å². The number of aromatic nitrogens is 4. The van der Waals surface area contributed by atoms with Crippen LogP contribution < -0.4 is 10.1 Å². The number of phenolic OH excluding ortho intramolecular Hbond substituents is 1. The number of fused-ring (bicyclic) bond motifs is 1. The van der Waals surface area contributed by atoms with E-state index in [4.69, 9.17) is 16.3 Å². The van der Waals surface area contributed by atoms with Crippen molar-refractivity contribution in [2.75, 3.05) is 20.1 Å². The Balaban J connectivity index is 1.49. The third-order valence-electron chi connectivity index (χ3n) is 6.74. The van der Waals surface area contributed by atoms with Gasteiger partial charge in [-0.2, -0.15) is 5.10 Å². The van der Waals surface area contributed by atoms with Crippen molar-refractivity contribution in [3.8, 4) is 22.9 Å². The van der Waals surface area contributed by atoms with Crippen LogP contribution in [0.1, 0.15) is 28.7 Å². The molecule has 0 unspecified atom stereocenters. The second kappa shape index (κ2) is 10.6. The van der Waals surface area contributed by atoms with Crippen LogP contribution in [0.15, 0.2) is 42.6 Å². The molecule has 3 heterocycles. The second-order valence-corrected chi connectivity index (χ2v) is 9.76. The van der Waals surface area contributed by atoms with Gasteiger partial charge in [-0.3, -0.25) is 9.48 Å². The normalized spacial score (nSPS) is 17.2. The average molecular weight is 537 g/mol. The molecule has 38 heavy (non-hydrogen) atoms. The van der Waals surface area contributed by atoms with Crippen molar-refractivity contribution in [1.29, 1.82) is 0 Å². The Bertz CT molecular complexity index is 1510. The van der Waals surface area contributed by atoms with Crippen molar-refractivity contribution in [1.82, 2.24) is 30.0 Å². The number of aromatic hydroxyl groups is 1. The molecule has 0 bridgehead atoms. The van der Waals surface area contributed by atoms with E-state index in [1.165, 1.54) is 12.1 Å². The van der Waals surface area contributed by atoms with Gasteiger partial charge in [0.2, 0.25) is 0 Å². The van der Waals surface area contributed by atoms with E-state index in [1.807, 2.05) is 18.5 Å². The molecule has 1 aliphatic heterocycles. The smallest absolute Gasteiger partial charge is 0.273 e. The van der Waals surface area contributed by atoms with Crippen LogP contribution in [0.5, 0.6) is 11.5 Å². The number of aryl methyl sites for hydroxylation is 1. The number of phenols is 1. The molecule has 1 amide bonds. The standard InChI is InChI=1S/C27H29ClN6O4/c1-4-34-15(2)16(11-30-34)14-33(3)27(37)25-20-9-17(35)5-8-22(20)31-26(32-25)19-7-6-18(10-21(19)28)38-24-13-29-12-23(24)36/h5-11,23-24,29,35-36H,4,12-14H2,1-3H3/t23-,24-/m1/s1. The van der Waals surface area contributed by atoms with Crippen molar-refractivity contribution in [2.45, 2.75) is 39.1 Å². The molecule has 198 valence electrons. The number of hydrogen-bond acceptors (Lipinski definition) is 8. The second-order valence-electron chi connectivity index (χ2n) is 9.35. The maximum Gasteiger partial charge on any atom is 0.273 e. The van der Waals surface area contributed by atoms with Gasteiger partial charge < -0.3 is 25.2 Å². The predicted molar refractivity (Wildman–Crippen MR) is 143 cm³/mol. The van der Waals surface area contributed by atoms with E-state index >= 15 is 0 Å². The van der Waals surface area contributed by atoms with Crippen LogP contribution in [0.25, 0.3) is 22.3 Å². The Morgan fingerprint density at radius 2 is 2.05 bits per heavy atom. The van der Waals surface area contributed by atoms with Gasteiger partial charge in [-0.25, -0.2) is 9.97 Å². The monoisotopic (exact) mass is 536 g/mol. The Labute approximate surface area is 224 Å². The third-order valence-corrected chi connectivity index (χ3v) is 7.05. The minimum absolute atomic E-state index is 0.00810. The van der Waals surface area contributed by atoms with Crippen LogP contribution in [0.4, 0.5) is 0 Å². The van der Waals surface area contributed by atoms with E-state index in [1.54, 1.807) is 42.4 Å². The number of ether oxygens (including phenoxy) is 1. The number of nitrogens with zero attached hydrogens (tertiary/aromatic N) is 5. The van der Waals surface area contributed by atoms with E-state index in [0.717, 1.165) is 17.8 Å². The van der Waals surface area contributed by atoms with Gasteiger partial charge in [0.15, 0.2) is 5.82 Å². The highest BCUT2D eigenvalue weighted by molar-refractivity contribution is 6.33. The van der Waals surface area contributed by atoms with Crippen LogP contribution in [0.2, 0.25) is 5.02 Å². The number of amides is 1. The molecule has 0 spiro atoms. The summed E-state index contributed by atoms with van der Waals surface area (Å²) in [5.41, 5.74) is 3.10. The first-order valence-electron chi connectivity index (χ1n) is 12.4. The van der Waals surface area contributed by atoms with Crippen molar-refractivity contribution in [3.63, 3.8) is 0 Å². The van der Waals surface area contributed by atoms with E-state index in [2.05, 4.69) is 20.4 Å². The van der Waals surface area contributed by atoms with Gasteiger partial charge in [0.05, 0.1) is 16.7 Å². The van der Waals surface area contributed by atoms with Crippen molar-refractivity contribution >= 4 is 28.4 Å². The van der Waals surface area contributed by atoms with Crippen LogP contribution >= 0.6 is 11.6 Å². The van der Waals surface area contributed by atoms with Crippen LogP contribution in [-0.2, 0) is 13.1 Å². The largest absolute Gasteiger partial charge is 0.508 e. The molecule has 2 aromatic carbocycles. The summed E-state index contributed by atoms with van der Waals surface area (Å²) < 4.78 is 7.76. The zero-order valence-electron chi connectivity index (χ0n) is 21.3. The molecule has 1 fully saturated rings. The summed E-state index contributed by atoms with van der Waals surface area (Å²) in [6.45, 7) is 6.09. The highest BCUT2D eigenvalue weighted by atomic mass is 35.5. The lowest BCUT2D eigenvalue weighted by Gasteiger charge is -2.19. The molecule has 5 rings (SSSR count). The van der Waals surface area contributed by atoms with E-state index in [0.29, 0.717) is 46.9 Å². The fourth-order valence-electron chi connectivity index (χ4n) is 4.55. The summed E-state index contributed by atoms with van der Waals surface area (Å²) in [6.07, 6.45) is 0.802. The van der Waals surface area contributed by atoms with E-state index in [9.17, 15) is 15.0 Å². The molecule has 11 heteroatoms. The molecule has 1 saturated heterocycles. The predicted octanol–water partition coefficient (Wildman–Crippen LogP) is 3.16. The summed E-state index contributed by atoms with van der Waals surface area (Å²) in [5, 5.41) is 28.4. The summed E-state index contributed by atoms with van der Waals surface area (Å²) in [4.78, 5) is 24.5. The first-order valence-corrected chi connectivity index (χ1v) is 12.8. The van der Waals surface area contributed by atoms with Crippen LogP contribution in [0, 0.1) is 6.92 Å². The topological polar surface area (TPSA) is 126 Å². The molecule has 3 N–H and O–H groups in total. The average Bonchev–Trinajstić information content (AvgIpc) is 3.47. The summed E-state index contributed by atoms with van der Waals surface area (Å²) in [6, 6.07) is 9.75. The number of carbonyl (C=O) groups is 1. The van der Waals surface area contributed by atoms with Gasteiger partial charge in [-0.1, -0.05) is 11.6 Å². The molecule has 1 aliphatic rings. The maximum atomic E-state index is 13.7. The molecule has 2 aromatic heterocycles. The zero-order chi connectivity index (χ0) is 27.0. The number of nitrogens with one attached hydrogen (secondary N) is 1. The number of rotatable bonds is 7. The summed E-state index contributed by atoms with van der Waals surface area (Å²) in [7, 11) is 1.70. The Morgan fingerprint density at radius 3 is 2.74 bits per heavy atom. The lowest BCUT2D eigenvalue weighted by atomic mass is 10.1. The minimum atomic E-state index is -0.598. The minimum Gasteiger partial charge on any atom is -0.508 e. The molecule has 10 nitrogen and oxygen atoms in total. The van der Waals surface area contributed by atoms with E-state index < -0.39 is 6.10 Å². The van der Waals surface area contributed by atoms with Crippen molar-refractivity contribution in [2.24, 2.45) is 0 Å². The molecule has 0 aliphatic carbocycles. The maximum absolute atomic E-state index is 13.7. The summed E-state index contributed by atoms with van der Waals surface area (Å²) in [5.74, 6) is 0.464. The van der Waals surface area contributed by atoms with Gasteiger partial charge in [0.1, 0.15) is 29.4 Å². The lowest BCUT2D eigenvalue weighted by Crippen LogP contribution is -2.29. The SMILES string of the molecule is CCn1ncc(CN(C)C(=O)c2nc(-c3ccc(O[C@@H]4CNC[C@H]4O)cc3Cl)nc3ccc(O)cc23)c1C. The first kappa shape index (κ1) is 25.9. The molecular formula is C27H29ClN6O4.